The zero-order valence-corrected chi connectivity index (χ0v) is 19.4. The summed E-state index contributed by atoms with van der Waals surface area (Å²) in [5, 5.41) is 8.69. The first-order chi connectivity index (χ1) is 17.9. The first kappa shape index (κ1) is 24.0. The number of para-hydroxylation sites is 1. The number of piperidine rings is 1. The van der Waals surface area contributed by atoms with Crippen molar-refractivity contribution in [2.75, 3.05) is 19.7 Å². The second-order valence-electron chi connectivity index (χ2n) is 8.17. The number of amides is 1. The molecular weight excluding hydrogens is 487 g/mol. The minimum Gasteiger partial charge on any atom is -0.484 e. The van der Waals surface area contributed by atoms with E-state index < -0.39 is 12.0 Å². The fraction of sp³-hybridized carbons (Fsp3) is 0.240. The highest BCUT2D eigenvalue weighted by Crippen LogP contribution is 2.27. The molecule has 1 N–H and O–H groups in total. The van der Waals surface area contributed by atoms with Gasteiger partial charge in [0.15, 0.2) is 18.2 Å². The quantitative estimate of drug-likeness (QED) is 0.360. The summed E-state index contributed by atoms with van der Waals surface area (Å²) in [5.41, 5.74) is 1.23. The third kappa shape index (κ3) is 5.74. The second kappa shape index (κ2) is 10.5. The van der Waals surface area contributed by atoms with E-state index in [1.807, 2.05) is 0 Å². The molecule has 2 aromatic heterocycles. The number of halogens is 1. The lowest BCUT2D eigenvalue weighted by Crippen LogP contribution is -2.43. The Kier molecular flexibility index (Phi) is 6.79. The Labute approximate surface area is 209 Å². The fourth-order valence-corrected chi connectivity index (χ4v) is 3.81. The highest BCUT2D eigenvalue weighted by Gasteiger charge is 2.25. The van der Waals surface area contributed by atoms with Gasteiger partial charge >= 0.3 is 12.2 Å². The van der Waals surface area contributed by atoms with Crippen LogP contribution in [0, 0.1) is 5.82 Å². The molecule has 3 heterocycles. The molecule has 0 unspecified atom stereocenters. The molecule has 0 saturated carbocycles. The van der Waals surface area contributed by atoms with Crippen molar-refractivity contribution < 1.29 is 37.7 Å². The molecule has 0 atom stereocenters. The standard InChI is InChI=1S/C25H21FN4O7/c26-18-3-1-2-4-20(18)36-24-27-13-19-23(29-24)37-22(28-19)15-5-7-16(8-6-15)34-14-21(31)30-11-9-17(10-12-30)35-25(32)33/h1-8,13,17H,9-12,14H2,(H,32,33). The van der Waals surface area contributed by atoms with Crippen LogP contribution in [0.15, 0.2) is 59.1 Å². The van der Waals surface area contributed by atoms with E-state index in [9.17, 15) is 14.0 Å². The van der Waals surface area contributed by atoms with Crippen LogP contribution in [0.3, 0.4) is 0 Å². The smallest absolute Gasteiger partial charge is 0.484 e. The van der Waals surface area contributed by atoms with E-state index in [1.165, 1.54) is 18.3 Å². The van der Waals surface area contributed by atoms with Crippen molar-refractivity contribution in [3.63, 3.8) is 0 Å². The van der Waals surface area contributed by atoms with Gasteiger partial charge in [-0.3, -0.25) is 4.79 Å². The molecule has 1 amide bonds. The van der Waals surface area contributed by atoms with Gasteiger partial charge in [-0.2, -0.15) is 4.98 Å². The summed E-state index contributed by atoms with van der Waals surface area (Å²) >= 11 is 0. The largest absolute Gasteiger partial charge is 0.506 e. The van der Waals surface area contributed by atoms with Gasteiger partial charge in [0, 0.05) is 31.5 Å². The van der Waals surface area contributed by atoms with Crippen LogP contribution in [0.25, 0.3) is 22.7 Å². The van der Waals surface area contributed by atoms with Crippen LogP contribution in [0.4, 0.5) is 9.18 Å². The number of benzene rings is 2. The van der Waals surface area contributed by atoms with Gasteiger partial charge in [-0.1, -0.05) is 12.1 Å². The number of oxazole rings is 1. The molecule has 4 aromatic rings. The molecule has 2 aromatic carbocycles. The van der Waals surface area contributed by atoms with Gasteiger partial charge in [0.05, 0.1) is 6.20 Å². The number of carboxylic acid groups (broad SMARTS) is 1. The molecule has 5 rings (SSSR count). The molecule has 0 spiro atoms. The highest BCUT2D eigenvalue weighted by molar-refractivity contribution is 5.78. The molecular formula is C25H21FN4O7. The van der Waals surface area contributed by atoms with Crippen molar-refractivity contribution in [2.24, 2.45) is 0 Å². The van der Waals surface area contributed by atoms with E-state index in [4.69, 9.17) is 23.7 Å². The summed E-state index contributed by atoms with van der Waals surface area (Å²) in [5.74, 6) is 0.0404. The molecule has 0 bridgehead atoms. The summed E-state index contributed by atoms with van der Waals surface area (Å²) < 4.78 is 35.3. The van der Waals surface area contributed by atoms with Gasteiger partial charge in [0.2, 0.25) is 5.89 Å². The molecule has 12 heteroatoms. The summed E-state index contributed by atoms with van der Waals surface area (Å²) in [6.07, 6.45) is 0.641. The van der Waals surface area contributed by atoms with Crippen molar-refractivity contribution in [1.82, 2.24) is 19.9 Å². The van der Waals surface area contributed by atoms with Crippen LogP contribution in [0.2, 0.25) is 0 Å². The van der Waals surface area contributed by atoms with Gasteiger partial charge in [0.25, 0.3) is 11.6 Å². The first-order valence-corrected chi connectivity index (χ1v) is 11.4. The molecule has 1 fully saturated rings. The third-order valence-corrected chi connectivity index (χ3v) is 5.69. The number of carbonyl (C=O) groups is 2. The molecule has 1 saturated heterocycles. The molecule has 1 aliphatic heterocycles. The van der Waals surface area contributed by atoms with Gasteiger partial charge < -0.3 is 28.6 Å². The van der Waals surface area contributed by atoms with Crippen molar-refractivity contribution in [2.45, 2.75) is 18.9 Å². The summed E-state index contributed by atoms with van der Waals surface area (Å²) in [6.45, 7) is 0.673. The topological polar surface area (TPSA) is 137 Å². The van der Waals surface area contributed by atoms with E-state index >= 15 is 0 Å². The van der Waals surface area contributed by atoms with Crippen LogP contribution in [0.5, 0.6) is 17.5 Å². The van der Waals surface area contributed by atoms with Crippen molar-refractivity contribution >= 4 is 23.3 Å². The number of nitrogens with zero attached hydrogens (tertiary/aromatic N) is 4. The van der Waals surface area contributed by atoms with Gasteiger partial charge in [-0.05, 0) is 36.4 Å². The molecule has 190 valence electrons. The molecule has 1 aliphatic rings. The van der Waals surface area contributed by atoms with Crippen LogP contribution in [0.1, 0.15) is 12.8 Å². The number of aromatic nitrogens is 3. The highest BCUT2D eigenvalue weighted by atomic mass is 19.1. The maximum atomic E-state index is 13.8. The van der Waals surface area contributed by atoms with E-state index in [-0.39, 0.29) is 36.1 Å². The Morgan fingerprint density at radius 2 is 1.84 bits per heavy atom. The SMILES string of the molecule is O=C(O)OC1CCN(C(=O)COc2ccc(-c3nc4cnc(Oc5ccccc5F)nc4o3)cc2)CC1. The fourth-order valence-electron chi connectivity index (χ4n) is 3.81. The van der Waals surface area contributed by atoms with E-state index in [0.29, 0.717) is 48.7 Å². The Balaban J connectivity index is 1.18. The average Bonchev–Trinajstić information content (AvgIpc) is 3.32. The number of likely N-dealkylation sites (tertiary alicyclic amines) is 1. The Morgan fingerprint density at radius 3 is 2.57 bits per heavy atom. The summed E-state index contributed by atoms with van der Waals surface area (Å²) in [6, 6.07) is 12.7. The molecule has 11 nitrogen and oxygen atoms in total. The van der Waals surface area contributed by atoms with Crippen LogP contribution in [-0.2, 0) is 9.53 Å². The average molecular weight is 508 g/mol. The predicted octanol–water partition coefficient (Wildman–Crippen LogP) is 4.28. The zero-order valence-electron chi connectivity index (χ0n) is 19.4. The number of hydrogen-bond acceptors (Lipinski definition) is 9. The monoisotopic (exact) mass is 508 g/mol. The number of carbonyl (C=O) groups excluding carboxylic acids is 1. The number of fused-ring (bicyclic) bond motifs is 1. The molecule has 0 radical (unpaired) electrons. The number of ether oxygens (including phenoxy) is 3. The van der Waals surface area contributed by atoms with E-state index in [1.54, 1.807) is 41.3 Å². The summed E-state index contributed by atoms with van der Waals surface area (Å²) in [4.78, 5) is 37.3. The first-order valence-electron chi connectivity index (χ1n) is 11.4. The van der Waals surface area contributed by atoms with Gasteiger partial charge in [0.1, 0.15) is 17.4 Å². The zero-order chi connectivity index (χ0) is 25.8. The maximum Gasteiger partial charge on any atom is 0.506 e. The number of rotatable bonds is 7. The number of hydrogen-bond donors (Lipinski definition) is 1. The van der Waals surface area contributed by atoms with Crippen LogP contribution in [-0.4, -0.2) is 62.8 Å². The predicted molar refractivity (Wildman–Crippen MR) is 126 cm³/mol. The van der Waals surface area contributed by atoms with Gasteiger partial charge in [-0.25, -0.2) is 19.2 Å². The van der Waals surface area contributed by atoms with E-state index in [2.05, 4.69) is 15.0 Å². The maximum absolute atomic E-state index is 13.8. The lowest BCUT2D eigenvalue weighted by molar-refractivity contribution is -0.135. The van der Waals surface area contributed by atoms with Crippen molar-refractivity contribution in [3.05, 3.63) is 60.5 Å². The molecule has 0 aliphatic carbocycles. The lowest BCUT2D eigenvalue weighted by atomic mass is 10.1. The lowest BCUT2D eigenvalue weighted by Gasteiger charge is -2.31. The summed E-state index contributed by atoms with van der Waals surface area (Å²) in [7, 11) is 0. The Bertz CT molecular complexity index is 1420. The van der Waals surface area contributed by atoms with Crippen molar-refractivity contribution in [1.29, 1.82) is 0 Å². The van der Waals surface area contributed by atoms with Crippen LogP contribution < -0.4 is 9.47 Å². The van der Waals surface area contributed by atoms with Gasteiger partial charge in [-0.15, -0.1) is 0 Å². The normalized spacial score (nSPS) is 13.9. The van der Waals surface area contributed by atoms with Crippen LogP contribution >= 0.6 is 0 Å². The Morgan fingerprint density at radius 1 is 1.08 bits per heavy atom. The van der Waals surface area contributed by atoms with Crippen molar-refractivity contribution in [3.8, 4) is 29.0 Å². The third-order valence-electron chi connectivity index (χ3n) is 5.69. The second-order valence-corrected chi connectivity index (χ2v) is 8.17. The Hall–Kier alpha value is -4.74. The molecule has 37 heavy (non-hydrogen) atoms. The van der Waals surface area contributed by atoms with E-state index in [0.717, 1.165) is 0 Å². The minimum atomic E-state index is -1.30. The minimum absolute atomic E-state index is 0.00709.